The smallest absolute Gasteiger partial charge is 0.334 e. The minimum atomic E-state index is -1.04. The van der Waals surface area contributed by atoms with Crippen molar-refractivity contribution in [3.8, 4) is 5.75 Å². The number of hydrogen-bond acceptors (Lipinski definition) is 4. The second-order valence-electron chi connectivity index (χ2n) is 5.40. The zero-order valence-corrected chi connectivity index (χ0v) is 12.9. The third-order valence-electron chi connectivity index (χ3n) is 3.61. The molecule has 1 fully saturated rings. The van der Waals surface area contributed by atoms with E-state index in [9.17, 15) is 9.59 Å². The largest absolute Gasteiger partial charge is 0.493 e. The van der Waals surface area contributed by atoms with Gasteiger partial charge in [-0.3, -0.25) is 4.79 Å². The van der Waals surface area contributed by atoms with Gasteiger partial charge in [0.1, 0.15) is 5.75 Å². The highest BCUT2D eigenvalue weighted by molar-refractivity contribution is 5.78. The molecular formula is C16H21NO5. The van der Waals surface area contributed by atoms with Crippen molar-refractivity contribution in [2.45, 2.75) is 26.4 Å². The number of hydrogen-bond donors (Lipinski definition) is 1. The van der Waals surface area contributed by atoms with Crippen LogP contribution in [0, 0.1) is 13.8 Å². The number of amides is 1. The van der Waals surface area contributed by atoms with Gasteiger partial charge in [0, 0.05) is 6.54 Å². The van der Waals surface area contributed by atoms with Gasteiger partial charge in [0.2, 0.25) is 5.91 Å². The van der Waals surface area contributed by atoms with Gasteiger partial charge >= 0.3 is 5.97 Å². The van der Waals surface area contributed by atoms with Gasteiger partial charge < -0.3 is 19.5 Å². The second kappa shape index (κ2) is 7.26. The molecule has 0 aromatic heterocycles. The van der Waals surface area contributed by atoms with Gasteiger partial charge in [-0.05, 0) is 31.0 Å². The highest BCUT2D eigenvalue weighted by Crippen LogP contribution is 2.19. The molecule has 0 saturated carbocycles. The summed E-state index contributed by atoms with van der Waals surface area (Å²) in [5.74, 6) is -0.373. The van der Waals surface area contributed by atoms with Crippen LogP contribution in [0.15, 0.2) is 18.2 Å². The lowest BCUT2D eigenvalue weighted by molar-refractivity contribution is -0.159. The van der Waals surface area contributed by atoms with Crippen molar-refractivity contribution in [3.63, 3.8) is 0 Å². The molecule has 6 heteroatoms. The summed E-state index contributed by atoms with van der Waals surface area (Å²) in [6.07, 6.45) is -0.711. The monoisotopic (exact) mass is 307 g/mol. The third-order valence-corrected chi connectivity index (χ3v) is 3.61. The minimum Gasteiger partial charge on any atom is -0.493 e. The average Bonchev–Trinajstić information content (AvgIpc) is 2.50. The molecule has 1 saturated heterocycles. The Morgan fingerprint density at radius 3 is 2.91 bits per heavy atom. The van der Waals surface area contributed by atoms with Crippen molar-refractivity contribution in [3.05, 3.63) is 29.3 Å². The number of carbonyl (C=O) groups is 2. The number of ether oxygens (including phenoxy) is 2. The summed E-state index contributed by atoms with van der Waals surface area (Å²) < 4.78 is 10.8. The van der Waals surface area contributed by atoms with Crippen molar-refractivity contribution in [1.29, 1.82) is 0 Å². The number of carboxylic acids is 1. The fourth-order valence-electron chi connectivity index (χ4n) is 2.29. The Hall–Kier alpha value is -2.08. The number of aliphatic carboxylic acids is 1. The quantitative estimate of drug-likeness (QED) is 0.889. The SMILES string of the molecule is Cc1ccc(C)c(OCCC(=O)N2CCOC(C(=O)O)C2)c1. The van der Waals surface area contributed by atoms with Gasteiger partial charge in [0.05, 0.1) is 26.2 Å². The number of morpholine rings is 1. The van der Waals surface area contributed by atoms with E-state index in [0.717, 1.165) is 16.9 Å². The first kappa shape index (κ1) is 16.3. The maximum atomic E-state index is 12.1. The maximum Gasteiger partial charge on any atom is 0.334 e. The Labute approximate surface area is 129 Å². The van der Waals surface area contributed by atoms with Gasteiger partial charge in [0.25, 0.3) is 0 Å². The fourth-order valence-corrected chi connectivity index (χ4v) is 2.29. The molecule has 0 radical (unpaired) electrons. The molecule has 0 spiro atoms. The van der Waals surface area contributed by atoms with E-state index in [2.05, 4.69) is 0 Å². The molecule has 0 bridgehead atoms. The minimum absolute atomic E-state index is 0.0949. The lowest BCUT2D eigenvalue weighted by Crippen LogP contribution is -2.48. The average molecular weight is 307 g/mol. The standard InChI is InChI=1S/C16H21NO5/c1-11-3-4-12(2)13(9-11)21-7-5-15(18)17-6-8-22-14(10-17)16(19)20/h3-4,9,14H,5-8,10H2,1-2H3,(H,19,20). The Morgan fingerprint density at radius 2 is 2.18 bits per heavy atom. The van der Waals surface area contributed by atoms with Crippen molar-refractivity contribution in [2.75, 3.05) is 26.3 Å². The number of benzene rings is 1. The van der Waals surface area contributed by atoms with Crippen molar-refractivity contribution < 1.29 is 24.2 Å². The Kier molecular flexibility index (Phi) is 5.38. The van der Waals surface area contributed by atoms with Crippen LogP contribution in [-0.2, 0) is 14.3 Å². The summed E-state index contributed by atoms with van der Waals surface area (Å²) in [5, 5.41) is 8.93. The van der Waals surface area contributed by atoms with Gasteiger partial charge in [-0.2, -0.15) is 0 Å². The van der Waals surface area contributed by atoms with Crippen molar-refractivity contribution >= 4 is 11.9 Å². The molecule has 1 amide bonds. The van der Waals surface area contributed by atoms with E-state index in [0.29, 0.717) is 6.54 Å². The molecule has 1 aliphatic heterocycles. The van der Waals surface area contributed by atoms with Crippen LogP contribution in [0.4, 0.5) is 0 Å². The molecule has 1 aromatic carbocycles. The first-order valence-corrected chi connectivity index (χ1v) is 7.29. The van der Waals surface area contributed by atoms with Crippen LogP contribution in [0.2, 0.25) is 0 Å². The number of rotatable bonds is 5. The van der Waals surface area contributed by atoms with Crippen molar-refractivity contribution in [1.82, 2.24) is 4.90 Å². The van der Waals surface area contributed by atoms with Crippen LogP contribution in [0.3, 0.4) is 0 Å². The first-order chi connectivity index (χ1) is 10.5. The van der Waals surface area contributed by atoms with Crippen LogP contribution in [0.5, 0.6) is 5.75 Å². The highest BCUT2D eigenvalue weighted by Gasteiger charge is 2.28. The number of carboxylic acid groups (broad SMARTS) is 1. The van der Waals surface area contributed by atoms with Crippen LogP contribution in [-0.4, -0.2) is 54.3 Å². The Morgan fingerprint density at radius 1 is 1.41 bits per heavy atom. The van der Waals surface area contributed by atoms with Gasteiger partial charge in [-0.15, -0.1) is 0 Å². The summed E-state index contributed by atoms with van der Waals surface area (Å²) in [6, 6.07) is 5.92. The van der Waals surface area contributed by atoms with Gasteiger partial charge in [0.15, 0.2) is 6.10 Å². The van der Waals surface area contributed by atoms with E-state index in [4.69, 9.17) is 14.6 Å². The van der Waals surface area contributed by atoms with Crippen LogP contribution in [0.1, 0.15) is 17.5 Å². The van der Waals surface area contributed by atoms with E-state index in [1.54, 1.807) is 0 Å². The van der Waals surface area contributed by atoms with Crippen LogP contribution >= 0.6 is 0 Å². The zero-order chi connectivity index (χ0) is 16.1. The molecule has 1 aromatic rings. The molecule has 0 aliphatic carbocycles. The van der Waals surface area contributed by atoms with E-state index < -0.39 is 12.1 Å². The summed E-state index contributed by atoms with van der Waals surface area (Å²) in [6.45, 7) is 4.98. The number of aryl methyl sites for hydroxylation is 2. The fraction of sp³-hybridized carbons (Fsp3) is 0.500. The normalized spacial score (nSPS) is 18.1. The summed E-state index contributed by atoms with van der Waals surface area (Å²) in [7, 11) is 0. The zero-order valence-electron chi connectivity index (χ0n) is 12.9. The Balaban J connectivity index is 1.82. The topological polar surface area (TPSA) is 76.1 Å². The van der Waals surface area contributed by atoms with E-state index in [1.165, 1.54) is 4.90 Å². The molecule has 2 rings (SSSR count). The van der Waals surface area contributed by atoms with Gasteiger partial charge in [-0.1, -0.05) is 12.1 Å². The third kappa shape index (κ3) is 4.21. The molecule has 6 nitrogen and oxygen atoms in total. The first-order valence-electron chi connectivity index (χ1n) is 7.29. The van der Waals surface area contributed by atoms with E-state index in [-0.39, 0.29) is 32.1 Å². The number of carbonyl (C=O) groups excluding carboxylic acids is 1. The molecule has 1 unspecified atom stereocenters. The summed E-state index contributed by atoms with van der Waals surface area (Å²) in [5.41, 5.74) is 2.12. The lowest BCUT2D eigenvalue weighted by Gasteiger charge is -2.30. The lowest BCUT2D eigenvalue weighted by atomic mass is 10.1. The molecule has 1 aliphatic rings. The second-order valence-corrected chi connectivity index (χ2v) is 5.40. The van der Waals surface area contributed by atoms with Crippen LogP contribution in [0.25, 0.3) is 0 Å². The molecule has 1 heterocycles. The van der Waals surface area contributed by atoms with Crippen LogP contribution < -0.4 is 4.74 Å². The predicted molar refractivity (Wildman–Crippen MR) is 80.0 cm³/mol. The van der Waals surface area contributed by atoms with E-state index in [1.807, 2.05) is 32.0 Å². The maximum absolute atomic E-state index is 12.1. The number of nitrogens with zero attached hydrogens (tertiary/aromatic N) is 1. The van der Waals surface area contributed by atoms with Crippen molar-refractivity contribution in [2.24, 2.45) is 0 Å². The van der Waals surface area contributed by atoms with Gasteiger partial charge in [-0.25, -0.2) is 4.79 Å². The molecule has 22 heavy (non-hydrogen) atoms. The predicted octanol–water partition coefficient (Wildman–Crippen LogP) is 1.38. The molecule has 120 valence electrons. The molecular weight excluding hydrogens is 286 g/mol. The molecule has 1 atom stereocenters. The van der Waals surface area contributed by atoms with E-state index >= 15 is 0 Å². The summed E-state index contributed by atoms with van der Waals surface area (Å²) >= 11 is 0. The Bertz CT molecular complexity index is 557. The highest BCUT2D eigenvalue weighted by atomic mass is 16.5. The summed E-state index contributed by atoms with van der Waals surface area (Å²) in [4.78, 5) is 24.5. The molecule has 1 N–H and O–H groups in total.